The first kappa shape index (κ1) is 30.8. The fraction of sp³-hybridized carbons (Fsp3) is 0.444. The molecule has 13 nitrogen and oxygen atoms in total. The van der Waals surface area contributed by atoms with E-state index in [2.05, 4.69) is 25.7 Å². The number of aliphatic hydroxyl groups is 4. The highest BCUT2D eigenvalue weighted by atomic mass is 32.1. The molecule has 1 aliphatic carbocycles. The zero-order valence-corrected chi connectivity index (χ0v) is 23.5. The summed E-state index contributed by atoms with van der Waals surface area (Å²) in [6.45, 7) is -0.591. The second-order valence-corrected chi connectivity index (χ2v) is 11.2. The maximum absolute atomic E-state index is 14.5. The van der Waals surface area contributed by atoms with Crippen molar-refractivity contribution in [3.63, 3.8) is 0 Å². The Hall–Kier alpha value is -3.67. The fourth-order valence-electron chi connectivity index (χ4n) is 4.95. The van der Waals surface area contributed by atoms with Gasteiger partial charge in [0.25, 0.3) is 5.91 Å². The third-order valence-electron chi connectivity index (χ3n) is 7.35. The van der Waals surface area contributed by atoms with Gasteiger partial charge in [0, 0.05) is 29.4 Å². The molecule has 43 heavy (non-hydrogen) atoms. The number of carbonyl (C=O) groups excluding carboxylic acids is 1. The zero-order chi connectivity index (χ0) is 30.7. The van der Waals surface area contributed by atoms with Crippen LogP contribution in [0.25, 0.3) is 10.6 Å². The molecule has 230 valence electrons. The molecule has 5 rings (SSSR count). The van der Waals surface area contributed by atoms with Crippen LogP contribution < -0.4 is 10.6 Å². The summed E-state index contributed by atoms with van der Waals surface area (Å²) in [6, 6.07) is 1.80. The molecule has 5 atom stereocenters. The lowest BCUT2D eigenvalue weighted by atomic mass is 9.96. The van der Waals surface area contributed by atoms with Crippen LogP contribution in [0.2, 0.25) is 0 Å². The molecule has 4 heterocycles. The number of rotatable bonds is 9. The van der Waals surface area contributed by atoms with Crippen LogP contribution in [0, 0.1) is 17.2 Å². The van der Waals surface area contributed by atoms with Gasteiger partial charge in [-0.05, 0) is 25.0 Å². The van der Waals surface area contributed by atoms with E-state index in [1.807, 2.05) is 0 Å². The number of hydrogen-bond donors (Lipinski definition) is 7. The number of amides is 1. The monoisotopic (exact) mass is 619 g/mol. The van der Waals surface area contributed by atoms with E-state index in [0.717, 1.165) is 55.6 Å². The van der Waals surface area contributed by atoms with E-state index < -0.39 is 66.3 Å². The van der Waals surface area contributed by atoms with Gasteiger partial charge in [0.05, 0.1) is 18.5 Å². The number of nitrogens with zero attached hydrogens (tertiary/aromatic N) is 4. The Morgan fingerprint density at radius 3 is 2.65 bits per heavy atom. The predicted octanol–water partition coefficient (Wildman–Crippen LogP) is 1.21. The second kappa shape index (κ2) is 13.3. The van der Waals surface area contributed by atoms with Crippen molar-refractivity contribution in [1.29, 1.82) is 5.41 Å². The smallest absolute Gasteiger partial charge is 0.275 e. The minimum atomic E-state index is -1.58. The number of aliphatic hydroxyl groups excluding tert-OH is 4. The van der Waals surface area contributed by atoms with Crippen molar-refractivity contribution in [3.05, 3.63) is 65.0 Å². The van der Waals surface area contributed by atoms with Crippen LogP contribution in [0.1, 0.15) is 54.5 Å². The van der Waals surface area contributed by atoms with Gasteiger partial charge in [-0.3, -0.25) is 10.2 Å². The Morgan fingerprint density at radius 2 is 1.91 bits per heavy atom. The number of allylic oxidation sites excluding steroid dienone is 1. The SMILES string of the molecule is N=C(/C(=C\NC1CCCCC1)NC(=O)c1csc(-c2cnn(C3OC(CO)C(O)C(O)C3O)c2)n1)c1nc(F)ccc1F. The number of ether oxygens (including phenoxy) is 1. The number of thiazole rings is 1. The molecule has 2 fully saturated rings. The van der Waals surface area contributed by atoms with E-state index in [-0.39, 0.29) is 17.4 Å². The lowest BCUT2D eigenvalue weighted by molar-refractivity contribution is -0.253. The van der Waals surface area contributed by atoms with Crippen LogP contribution in [0.4, 0.5) is 8.78 Å². The Morgan fingerprint density at radius 1 is 1.14 bits per heavy atom. The van der Waals surface area contributed by atoms with Gasteiger partial charge in [-0.1, -0.05) is 19.3 Å². The molecule has 3 aromatic rings. The normalized spacial score (nSPS) is 25.0. The molecule has 0 spiro atoms. The molecule has 0 aromatic carbocycles. The van der Waals surface area contributed by atoms with Crippen LogP contribution in [-0.2, 0) is 4.74 Å². The van der Waals surface area contributed by atoms with Crippen molar-refractivity contribution < 1.29 is 38.7 Å². The van der Waals surface area contributed by atoms with E-state index in [4.69, 9.17) is 10.1 Å². The number of aromatic nitrogens is 4. The summed E-state index contributed by atoms with van der Waals surface area (Å²) in [4.78, 5) is 21.0. The number of hydrogen-bond acceptors (Lipinski definition) is 12. The van der Waals surface area contributed by atoms with Gasteiger partial charge >= 0.3 is 0 Å². The van der Waals surface area contributed by atoms with Crippen LogP contribution in [0.5, 0.6) is 0 Å². The molecule has 1 amide bonds. The second-order valence-electron chi connectivity index (χ2n) is 10.3. The quantitative estimate of drug-likeness (QED) is 0.135. The number of pyridine rings is 1. The third kappa shape index (κ3) is 6.79. The molecule has 2 aliphatic rings. The summed E-state index contributed by atoms with van der Waals surface area (Å²) >= 11 is 1.10. The topological polar surface area (TPSA) is 199 Å². The molecule has 16 heteroatoms. The molecule has 3 aromatic heterocycles. The molecular formula is C27H31F2N7O6S. The first-order valence-corrected chi connectivity index (χ1v) is 14.5. The van der Waals surface area contributed by atoms with Gasteiger partial charge in [-0.15, -0.1) is 11.3 Å². The molecule has 5 unspecified atom stereocenters. The van der Waals surface area contributed by atoms with Gasteiger partial charge in [0.15, 0.2) is 12.0 Å². The number of carbonyl (C=O) groups is 1. The maximum Gasteiger partial charge on any atom is 0.275 e. The molecule has 1 aliphatic heterocycles. The lowest BCUT2D eigenvalue weighted by Gasteiger charge is -2.39. The maximum atomic E-state index is 14.5. The van der Waals surface area contributed by atoms with Crippen molar-refractivity contribution in [2.45, 2.75) is 68.8 Å². The summed E-state index contributed by atoms with van der Waals surface area (Å²) in [5.41, 5.74) is -0.779. The molecule has 7 N–H and O–H groups in total. The predicted molar refractivity (Wildman–Crippen MR) is 149 cm³/mol. The third-order valence-corrected chi connectivity index (χ3v) is 8.24. The van der Waals surface area contributed by atoms with E-state index in [9.17, 15) is 34.0 Å². The number of halogens is 2. The summed E-state index contributed by atoms with van der Waals surface area (Å²) in [6.07, 6.45) is 2.26. The molecule has 1 saturated carbocycles. The van der Waals surface area contributed by atoms with Crippen LogP contribution in [0.15, 0.2) is 41.8 Å². The average molecular weight is 620 g/mol. The molecule has 0 radical (unpaired) electrons. The van der Waals surface area contributed by atoms with E-state index in [1.165, 1.54) is 28.7 Å². The zero-order valence-electron chi connectivity index (χ0n) is 22.7. The van der Waals surface area contributed by atoms with Crippen molar-refractivity contribution >= 4 is 23.0 Å². The first-order chi connectivity index (χ1) is 20.7. The van der Waals surface area contributed by atoms with Crippen molar-refractivity contribution in [3.8, 4) is 10.6 Å². The summed E-state index contributed by atoms with van der Waals surface area (Å²) in [7, 11) is 0. The highest BCUT2D eigenvalue weighted by molar-refractivity contribution is 7.13. The van der Waals surface area contributed by atoms with Crippen molar-refractivity contribution in [2.24, 2.45) is 0 Å². The van der Waals surface area contributed by atoms with E-state index in [0.29, 0.717) is 10.6 Å². The Bertz CT molecular complexity index is 1490. The summed E-state index contributed by atoms with van der Waals surface area (Å²) in [5.74, 6) is -2.60. The minimum Gasteiger partial charge on any atom is -0.394 e. The van der Waals surface area contributed by atoms with Gasteiger partial charge in [-0.2, -0.15) is 9.49 Å². The summed E-state index contributed by atoms with van der Waals surface area (Å²) < 4.78 is 35.0. The standard InChI is InChI=1S/C27H31F2N7O6S/c28-15-6-7-19(29)35-21(15)20(30)16(9-31-14-4-2-1-3-5-14)33-25(41)17-12-43-26(34-17)13-8-32-36(10-13)27-24(40)23(39)22(38)18(11-37)42-27/h6-10,12,14,18,22-24,27,30-31,37-40H,1-5,11H2,(H,33,41)/b16-9+,30-20?. The lowest BCUT2D eigenvalue weighted by Crippen LogP contribution is -2.56. The van der Waals surface area contributed by atoms with Gasteiger partial charge in [0.1, 0.15) is 46.5 Å². The van der Waals surface area contributed by atoms with Crippen LogP contribution >= 0.6 is 11.3 Å². The van der Waals surface area contributed by atoms with Gasteiger partial charge in [-0.25, -0.2) is 19.0 Å². The van der Waals surface area contributed by atoms with Crippen molar-refractivity contribution in [1.82, 2.24) is 30.4 Å². The van der Waals surface area contributed by atoms with E-state index >= 15 is 0 Å². The average Bonchev–Trinajstić information content (AvgIpc) is 3.70. The molecule has 1 saturated heterocycles. The van der Waals surface area contributed by atoms with Gasteiger partial charge in [0.2, 0.25) is 5.95 Å². The highest BCUT2D eigenvalue weighted by Gasteiger charge is 2.44. The van der Waals surface area contributed by atoms with Crippen LogP contribution in [0.3, 0.4) is 0 Å². The van der Waals surface area contributed by atoms with Crippen LogP contribution in [-0.4, -0.2) is 88.9 Å². The van der Waals surface area contributed by atoms with E-state index in [1.54, 1.807) is 0 Å². The Kier molecular flexibility index (Phi) is 9.53. The Labute approximate surface area is 248 Å². The first-order valence-electron chi connectivity index (χ1n) is 13.7. The van der Waals surface area contributed by atoms with Crippen molar-refractivity contribution in [2.75, 3.05) is 6.61 Å². The van der Waals surface area contributed by atoms with Gasteiger partial charge < -0.3 is 35.8 Å². The summed E-state index contributed by atoms with van der Waals surface area (Å²) in [5, 5.41) is 60.1. The number of nitrogens with one attached hydrogen (secondary N) is 3. The fourth-order valence-corrected chi connectivity index (χ4v) is 5.72. The highest BCUT2D eigenvalue weighted by Crippen LogP contribution is 2.30. The minimum absolute atomic E-state index is 0.0235. The molecular weight excluding hydrogens is 588 g/mol. The molecule has 0 bridgehead atoms. The Balaban J connectivity index is 1.33. The largest absolute Gasteiger partial charge is 0.394 e.